The second kappa shape index (κ2) is 5.97. The minimum absolute atomic E-state index is 0.146. The van der Waals surface area contributed by atoms with Crippen molar-refractivity contribution in [3.05, 3.63) is 63.9 Å². The quantitative estimate of drug-likeness (QED) is 0.781. The number of ether oxygens (including phenoxy) is 1. The molecular formula is C15H12BrFO2. The van der Waals surface area contributed by atoms with E-state index in [1.807, 2.05) is 24.3 Å². The predicted octanol–water partition coefficient (Wildman–Crippen LogP) is 4.37. The molecule has 2 aromatic rings. The Morgan fingerprint density at radius 2 is 1.89 bits per heavy atom. The second-order valence-corrected chi connectivity index (χ2v) is 5.03. The Kier molecular flexibility index (Phi) is 4.32. The number of carbonyl (C=O) groups excluding carboxylic acids is 1. The first kappa shape index (κ1) is 13.7. The highest BCUT2D eigenvalue weighted by molar-refractivity contribution is 9.10. The van der Waals surface area contributed by atoms with E-state index in [1.165, 1.54) is 19.1 Å². The number of halogens is 2. The molecule has 0 saturated carbocycles. The maximum absolute atomic E-state index is 13.7. The van der Waals surface area contributed by atoms with E-state index >= 15 is 0 Å². The van der Waals surface area contributed by atoms with Gasteiger partial charge in [-0.3, -0.25) is 4.79 Å². The summed E-state index contributed by atoms with van der Waals surface area (Å²) in [7, 11) is 0. The van der Waals surface area contributed by atoms with Crippen molar-refractivity contribution >= 4 is 21.7 Å². The summed E-state index contributed by atoms with van der Waals surface area (Å²) in [5.74, 6) is -0.545. The lowest BCUT2D eigenvalue weighted by Gasteiger charge is -2.08. The molecule has 0 spiro atoms. The fourth-order valence-electron chi connectivity index (χ4n) is 1.58. The van der Waals surface area contributed by atoms with Crippen LogP contribution in [0.15, 0.2) is 46.9 Å². The van der Waals surface area contributed by atoms with Crippen molar-refractivity contribution in [1.29, 1.82) is 0 Å². The second-order valence-electron chi connectivity index (χ2n) is 4.12. The summed E-state index contributed by atoms with van der Waals surface area (Å²) in [6.07, 6.45) is 0. The zero-order valence-corrected chi connectivity index (χ0v) is 11.9. The smallest absolute Gasteiger partial charge is 0.165 e. The van der Waals surface area contributed by atoms with Crippen LogP contribution in [0.25, 0.3) is 0 Å². The van der Waals surface area contributed by atoms with E-state index in [-0.39, 0.29) is 18.1 Å². The molecule has 2 aromatic carbocycles. The molecule has 0 saturated heterocycles. The van der Waals surface area contributed by atoms with Gasteiger partial charge in [0.15, 0.2) is 17.3 Å². The van der Waals surface area contributed by atoms with Crippen LogP contribution in [0.1, 0.15) is 22.8 Å². The van der Waals surface area contributed by atoms with Crippen molar-refractivity contribution in [3.63, 3.8) is 0 Å². The molecule has 0 radical (unpaired) electrons. The molecule has 2 nitrogen and oxygen atoms in total. The Morgan fingerprint density at radius 3 is 2.47 bits per heavy atom. The van der Waals surface area contributed by atoms with E-state index in [0.717, 1.165) is 10.0 Å². The largest absolute Gasteiger partial charge is 0.486 e. The Hall–Kier alpha value is -1.68. The standard InChI is InChI=1S/C15H12BrFO2/c1-10(18)12-4-7-15(14(17)8-12)19-9-11-2-5-13(16)6-3-11/h2-8H,9H2,1H3. The number of rotatable bonds is 4. The molecule has 0 unspecified atom stereocenters. The van der Waals surface area contributed by atoms with Crippen LogP contribution >= 0.6 is 15.9 Å². The SMILES string of the molecule is CC(=O)c1ccc(OCc2ccc(Br)cc2)c(F)c1. The number of hydrogen-bond donors (Lipinski definition) is 0. The van der Waals surface area contributed by atoms with Gasteiger partial charge in [-0.1, -0.05) is 28.1 Å². The average Bonchev–Trinajstić information content (AvgIpc) is 2.39. The van der Waals surface area contributed by atoms with Crippen LogP contribution < -0.4 is 4.74 Å². The molecule has 0 aromatic heterocycles. The first-order valence-corrected chi connectivity index (χ1v) is 6.53. The molecule has 0 amide bonds. The third-order valence-electron chi connectivity index (χ3n) is 2.65. The average molecular weight is 323 g/mol. The number of carbonyl (C=O) groups is 1. The molecule has 2 rings (SSSR count). The van der Waals surface area contributed by atoms with Crippen LogP contribution in [0.5, 0.6) is 5.75 Å². The lowest BCUT2D eigenvalue weighted by Crippen LogP contribution is -1.99. The maximum Gasteiger partial charge on any atom is 0.165 e. The fourth-order valence-corrected chi connectivity index (χ4v) is 1.84. The lowest BCUT2D eigenvalue weighted by molar-refractivity contribution is 0.101. The first-order valence-electron chi connectivity index (χ1n) is 5.74. The molecule has 0 atom stereocenters. The van der Waals surface area contributed by atoms with Crippen molar-refractivity contribution in [3.8, 4) is 5.75 Å². The first-order chi connectivity index (χ1) is 9.06. The van der Waals surface area contributed by atoms with E-state index in [4.69, 9.17) is 4.74 Å². The molecule has 19 heavy (non-hydrogen) atoms. The van der Waals surface area contributed by atoms with Gasteiger partial charge in [-0.25, -0.2) is 4.39 Å². The van der Waals surface area contributed by atoms with Crippen LogP contribution in [0.4, 0.5) is 4.39 Å². The minimum atomic E-state index is -0.523. The van der Waals surface area contributed by atoms with Crippen molar-refractivity contribution in [2.75, 3.05) is 0 Å². The van der Waals surface area contributed by atoms with Gasteiger partial charge in [-0.15, -0.1) is 0 Å². The molecule has 0 fully saturated rings. The molecule has 4 heteroatoms. The number of benzene rings is 2. The van der Waals surface area contributed by atoms with Gasteiger partial charge in [0.05, 0.1) is 0 Å². The Labute approximate surface area is 119 Å². The molecule has 98 valence electrons. The summed E-state index contributed by atoms with van der Waals surface area (Å²) in [5.41, 5.74) is 1.28. The van der Waals surface area contributed by atoms with Crippen molar-refractivity contribution in [2.45, 2.75) is 13.5 Å². The molecule has 0 N–H and O–H groups in total. The van der Waals surface area contributed by atoms with Gasteiger partial charge >= 0.3 is 0 Å². The maximum atomic E-state index is 13.7. The van der Waals surface area contributed by atoms with Gasteiger partial charge in [0.25, 0.3) is 0 Å². The van der Waals surface area contributed by atoms with E-state index in [2.05, 4.69) is 15.9 Å². The predicted molar refractivity (Wildman–Crippen MR) is 74.9 cm³/mol. The van der Waals surface area contributed by atoms with Crippen molar-refractivity contribution < 1.29 is 13.9 Å². The number of Topliss-reactive ketones (excluding diaryl/α,β-unsaturated/α-hetero) is 1. The van der Waals surface area contributed by atoms with E-state index in [1.54, 1.807) is 6.07 Å². The zero-order valence-electron chi connectivity index (χ0n) is 10.3. The van der Waals surface area contributed by atoms with E-state index < -0.39 is 5.82 Å². The fraction of sp³-hybridized carbons (Fsp3) is 0.133. The third kappa shape index (κ3) is 3.64. The highest BCUT2D eigenvalue weighted by Gasteiger charge is 2.07. The van der Waals surface area contributed by atoms with E-state index in [0.29, 0.717) is 5.56 Å². The highest BCUT2D eigenvalue weighted by atomic mass is 79.9. The Balaban J connectivity index is 2.07. The van der Waals surface area contributed by atoms with Gasteiger partial charge in [0.1, 0.15) is 6.61 Å². The summed E-state index contributed by atoms with van der Waals surface area (Å²) in [6, 6.07) is 11.8. The summed E-state index contributed by atoms with van der Waals surface area (Å²) in [4.78, 5) is 11.1. The summed E-state index contributed by atoms with van der Waals surface area (Å²) >= 11 is 3.34. The normalized spacial score (nSPS) is 10.3. The zero-order chi connectivity index (χ0) is 13.8. The molecular weight excluding hydrogens is 311 g/mol. The van der Waals surface area contributed by atoms with Gasteiger partial charge in [0, 0.05) is 10.0 Å². The molecule has 0 heterocycles. The van der Waals surface area contributed by atoms with Gasteiger partial charge < -0.3 is 4.74 Å². The molecule has 0 aliphatic rings. The van der Waals surface area contributed by atoms with Gasteiger partial charge in [-0.2, -0.15) is 0 Å². The minimum Gasteiger partial charge on any atom is -0.486 e. The van der Waals surface area contributed by atoms with Crippen LogP contribution in [0.2, 0.25) is 0 Å². The topological polar surface area (TPSA) is 26.3 Å². The van der Waals surface area contributed by atoms with Crippen molar-refractivity contribution in [1.82, 2.24) is 0 Å². The Morgan fingerprint density at radius 1 is 1.21 bits per heavy atom. The lowest BCUT2D eigenvalue weighted by atomic mass is 10.1. The molecule has 0 aliphatic heterocycles. The summed E-state index contributed by atoms with van der Waals surface area (Å²) in [5, 5.41) is 0. The summed E-state index contributed by atoms with van der Waals surface area (Å²) in [6.45, 7) is 1.68. The third-order valence-corrected chi connectivity index (χ3v) is 3.17. The number of hydrogen-bond acceptors (Lipinski definition) is 2. The Bertz CT molecular complexity index is 594. The van der Waals surface area contributed by atoms with Gasteiger partial charge in [0.2, 0.25) is 0 Å². The van der Waals surface area contributed by atoms with Crippen LogP contribution in [-0.2, 0) is 6.61 Å². The van der Waals surface area contributed by atoms with Crippen LogP contribution in [-0.4, -0.2) is 5.78 Å². The van der Waals surface area contributed by atoms with Gasteiger partial charge in [-0.05, 0) is 42.8 Å². The van der Waals surface area contributed by atoms with E-state index in [9.17, 15) is 9.18 Å². The van der Waals surface area contributed by atoms with Crippen molar-refractivity contribution in [2.24, 2.45) is 0 Å². The highest BCUT2D eigenvalue weighted by Crippen LogP contribution is 2.20. The molecule has 0 bridgehead atoms. The van der Waals surface area contributed by atoms with Crippen LogP contribution in [0.3, 0.4) is 0 Å². The molecule has 0 aliphatic carbocycles. The monoisotopic (exact) mass is 322 g/mol. The summed E-state index contributed by atoms with van der Waals surface area (Å²) < 4.78 is 20.1. The van der Waals surface area contributed by atoms with Crippen LogP contribution in [0, 0.1) is 5.82 Å². The number of ketones is 1.